The number of thiazole rings is 1. The number of para-hydroxylation sites is 3. The van der Waals surface area contributed by atoms with Crippen molar-refractivity contribution in [2.75, 3.05) is 10.6 Å². The number of halogens is 4. The first-order chi connectivity index (χ1) is 19.9. The van der Waals surface area contributed by atoms with E-state index in [0.717, 1.165) is 21.4 Å². The van der Waals surface area contributed by atoms with E-state index >= 15 is 0 Å². The van der Waals surface area contributed by atoms with Crippen LogP contribution in [0.1, 0.15) is 11.4 Å². The van der Waals surface area contributed by atoms with Gasteiger partial charge in [-0.25, -0.2) is 14.5 Å². The molecule has 0 spiro atoms. The average molecular weight is 684 g/mol. The Kier molecular flexibility index (Phi) is 8.01. The van der Waals surface area contributed by atoms with Gasteiger partial charge in [-0.3, -0.25) is 4.79 Å². The van der Waals surface area contributed by atoms with E-state index in [2.05, 4.69) is 26.6 Å². The first kappa shape index (κ1) is 27.8. The van der Waals surface area contributed by atoms with E-state index in [1.165, 1.54) is 11.3 Å². The fourth-order valence-electron chi connectivity index (χ4n) is 4.36. The van der Waals surface area contributed by atoms with Crippen LogP contribution in [0.2, 0.25) is 15.1 Å². The van der Waals surface area contributed by atoms with Gasteiger partial charge in [0.25, 0.3) is 5.56 Å². The van der Waals surface area contributed by atoms with Gasteiger partial charge in [-0.05, 0) is 54.1 Å². The van der Waals surface area contributed by atoms with Crippen molar-refractivity contribution in [1.29, 1.82) is 0 Å². The highest BCUT2D eigenvalue weighted by molar-refractivity contribution is 9.10. The van der Waals surface area contributed by atoms with Crippen LogP contribution in [0.5, 0.6) is 0 Å². The molecule has 41 heavy (non-hydrogen) atoms. The number of benzene rings is 4. The summed E-state index contributed by atoms with van der Waals surface area (Å²) in [6, 6.07) is 26.0. The molecule has 0 aliphatic heterocycles. The number of aromatic nitrogens is 3. The van der Waals surface area contributed by atoms with Gasteiger partial charge in [-0.15, -0.1) is 11.3 Å². The molecule has 6 aromatic rings. The summed E-state index contributed by atoms with van der Waals surface area (Å²) in [6.07, 6.45) is 0.333. The third kappa shape index (κ3) is 5.84. The smallest absolute Gasteiger partial charge is 0.267 e. The maximum Gasteiger partial charge on any atom is 0.267 e. The van der Waals surface area contributed by atoms with Gasteiger partial charge >= 0.3 is 0 Å². The molecule has 0 unspecified atom stereocenters. The van der Waals surface area contributed by atoms with Crippen LogP contribution in [0.15, 0.2) is 99.6 Å². The lowest BCUT2D eigenvalue weighted by Crippen LogP contribution is -2.24. The third-order valence-corrected chi connectivity index (χ3v) is 8.59. The van der Waals surface area contributed by atoms with Gasteiger partial charge in [0.05, 0.1) is 37.3 Å². The van der Waals surface area contributed by atoms with Crippen molar-refractivity contribution in [3.8, 4) is 5.13 Å². The van der Waals surface area contributed by atoms with Crippen molar-refractivity contribution >= 4 is 95.9 Å². The Bertz CT molecular complexity index is 1960. The molecule has 2 heterocycles. The predicted octanol–water partition coefficient (Wildman–Crippen LogP) is 9.64. The summed E-state index contributed by atoms with van der Waals surface area (Å²) in [5.74, 6) is 1.10. The van der Waals surface area contributed by atoms with E-state index in [1.54, 1.807) is 34.9 Å². The van der Waals surface area contributed by atoms with E-state index in [9.17, 15) is 4.79 Å². The van der Waals surface area contributed by atoms with Gasteiger partial charge in [0, 0.05) is 22.0 Å². The molecule has 0 saturated carbocycles. The Morgan fingerprint density at radius 1 is 0.805 bits per heavy atom. The number of rotatable bonds is 7. The monoisotopic (exact) mass is 681 g/mol. The topological polar surface area (TPSA) is 71.8 Å². The van der Waals surface area contributed by atoms with Gasteiger partial charge in [0.15, 0.2) is 5.13 Å². The Balaban J connectivity index is 1.45. The van der Waals surface area contributed by atoms with E-state index in [1.807, 2.05) is 60.0 Å². The van der Waals surface area contributed by atoms with Crippen LogP contribution in [0, 0.1) is 0 Å². The molecule has 0 amide bonds. The van der Waals surface area contributed by atoms with Crippen molar-refractivity contribution < 1.29 is 0 Å². The van der Waals surface area contributed by atoms with Crippen molar-refractivity contribution in [3.05, 3.63) is 132 Å². The summed E-state index contributed by atoms with van der Waals surface area (Å²) in [5.41, 5.74) is 3.38. The minimum atomic E-state index is -0.218. The Morgan fingerprint density at radius 3 is 2.29 bits per heavy atom. The van der Waals surface area contributed by atoms with Crippen molar-refractivity contribution in [1.82, 2.24) is 14.5 Å². The molecule has 0 aliphatic rings. The minimum absolute atomic E-state index is 0.218. The largest absolute Gasteiger partial charge is 0.353 e. The number of anilines is 4. The Morgan fingerprint density at radius 2 is 1.51 bits per heavy atom. The molecule has 4 aromatic carbocycles. The molecule has 204 valence electrons. The summed E-state index contributed by atoms with van der Waals surface area (Å²) in [5, 5.41) is 11.0. The van der Waals surface area contributed by atoms with Gasteiger partial charge in [0.1, 0.15) is 11.6 Å². The lowest BCUT2D eigenvalue weighted by atomic mass is 10.1. The highest BCUT2D eigenvalue weighted by Crippen LogP contribution is 2.34. The summed E-state index contributed by atoms with van der Waals surface area (Å²) >= 11 is 24.0. The summed E-state index contributed by atoms with van der Waals surface area (Å²) in [6.45, 7) is 0. The van der Waals surface area contributed by atoms with Crippen LogP contribution >= 0.6 is 62.1 Å². The van der Waals surface area contributed by atoms with Crippen LogP contribution in [-0.2, 0) is 6.42 Å². The molecule has 11 heteroatoms. The van der Waals surface area contributed by atoms with Gasteiger partial charge < -0.3 is 10.6 Å². The number of nitrogens with one attached hydrogen (secondary N) is 2. The second-order valence-electron chi connectivity index (χ2n) is 9.01. The molecule has 0 fully saturated rings. The lowest BCUT2D eigenvalue weighted by Gasteiger charge is -2.16. The first-order valence-electron chi connectivity index (χ1n) is 12.3. The first-order valence-corrected chi connectivity index (χ1v) is 15.2. The molecule has 2 aromatic heterocycles. The Labute approximate surface area is 262 Å². The number of hydrogen-bond donors (Lipinski definition) is 2. The van der Waals surface area contributed by atoms with Gasteiger partial charge in [-0.1, -0.05) is 87.1 Å². The summed E-state index contributed by atoms with van der Waals surface area (Å²) in [4.78, 5) is 23.6. The fraction of sp³-hybridized carbons (Fsp3) is 0.0333. The second kappa shape index (κ2) is 11.8. The van der Waals surface area contributed by atoms with Gasteiger partial charge in [-0.2, -0.15) is 0 Å². The van der Waals surface area contributed by atoms with Crippen molar-refractivity contribution in [2.45, 2.75) is 6.42 Å². The zero-order valence-electron chi connectivity index (χ0n) is 21.0. The van der Waals surface area contributed by atoms with Gasteiger partial charge in [0.2, 0.25) is 0 Å². The normalized spacial score (nSPS) is 11.1. The number of hydrogen-bond acceptors (Lipinski definition) is 6. The maximum atomic E-state index is 14.0. The zero-order valence-corrected chi connectivity index (χ0v) is 25.7. The Hall–Kier alpha value is -3.40. The molecule has 6 nitrogen and oxygen atoms in total. The standard InChI is InChI=1S/C30H19BrCl3N5OS/c31-18-12-13-24-19(15-18)29(40)39(30-38-26(16-41-30)35-25-11-4-2-7-20(25)32)27(36-24)14-17-6-1-3-10-23(17)37-28-21(33)8-5-9-22(28)34/h1-13,15-16,35,37H,14H2. The average Bonchev–Trinajstić information content (AvgIpc) is 3.41. The summed E-state index contributed by atoms with van der Waals surface area (Å²) < 4.78 is 2.35. The molecule has 2 N–H and O–H groups in total. The third-order valence-electron chi connectivity index (χ3n) is 6.31. The van der Waals surface area contributed by atoms with Crippen LogP contribution in [0.4, 0.5) is 22.9 Å². The number of fused-ring (bicyclic) bond motifs is 1. The minimum Gasteiger partial charge on any atom is -0.353 e. The molecule has 0 bridgehead atoms. The number of nitrogens with zero attached hydrogens (tertiary/aromatic N) is 3. The predicted molar refractivity (Wildman–Crippen MR) is 174 cm³/mol. The highest BCUT2D eigenvalue weighted by Gasteiger charge is 2.18. The zero-order chi connectivity index (χ0) is 28.5. The van der Waals surface area contributed by atoms with Crippen LogP contribution in [0.25, 0.3) is 16.0 Å². The quantitative estimate of drug-likeness (QED) is 0.175. The van der Waals surface area contributed by atoms with Crippen LogP contribution in [-0.4, -0.2) is 14.5 Å². The fourth-order valence-corrected chi connectivity index (χ4v) is 6.17. The van der Waals surface area contributed by atoms with Crippen LogP contribution < -0.4 is 16.2 Å². The SMILES string of the molecule is O=c1c2cc(Br)ccc2nc(Cc2ccccc2Nc2c(Cl)cccc2Cl)n1-c1nc(Nc2ccccc2Cl)cs1. The molecule has 0 saturated heterocycles. The molecule has 6 rings (SSSR count). The summed E-state index contributed by atoms with van der Waals surface area (Å²) in [7, 11) is 0. The lowest BCUT2D eigenvalue weighted by molar-refractivity contribution is 0.844. The van der Waals surface area contributed by atoms with E-state index in [0.29, 0.717) is 54.9 Å². The second-order valence-corrected chi connectivity index (χ2v) is 12.0. The van der Waals surface area contributed by atoms with Crippen molar-refractivity contribution in [3.63, 3.8) is 0 Å². The van der Waals surface area contributed by atoms with E-state index < -0.39 is 0 Å². The van der Waals surface area contributed by atoms with E-state index in [-0.39, 0.29) is 5.56 Å². The molecular formula is C30H19BrCl3N5OS. The molecule has 0 aliphatic carbocycles. The highest BCUT2D eigenvalue weighted by atomic mass is 79.9. The van der Waals surface area contributed by atoms with E-state index in [4.69, 9.17) is 44.8 Å². The molecular weight excluding hydrogens is 665 g/mol. The molecule has 0 radical (unpaired) electrons. The van der Waals surface area contributed by atoms with Crippen molar-refractivity contribution in [2.24, 2.45) is 0 Å². The maximum absolute atomic E-state index is 14.0. The molecule has 0 atom stereocenters. The van der Waals surface area contributed by atoms with Crippen LogP contribution in [0.3, 0.4) is 0 Å².